The minimum atomic E-state index is -0.541. The summed E-state index contributed by atoms with van der Waals surface area (Å²) in [5.74, 6) is 0.392. The highest BCUT2D eigenvalue weighted by molar-refractivity contribution is 14.1. The number of ether oxygens (including phenoxy) is 1. The maximum atomic E-state index is 12.7. The van der Waals surface area contributed by atoms with E-state index in [1.54, 1.807) is 12.1 Å². The molecule has 0 bridgehead atoms. The Morgan fingerprint density at radius 3 is 2.67 bits per heavy atom. The average molecular weight is 442 g/mol. The Morgan fingerprint density at radius 1 is 1.29 bits per heavy atom. The largest absolute Gasteiger partial charge is 0.504 e. The van der Waals surface area contributed by atoms with E-state index in [0.717, 1.165) is 0 Å². The number of hydrogen-bond donors (Lipinski definition) is 3. The summed E-state index contributed by atoms with van der Waals surface area (Å²) in [5, 5.41) is 15.6. The number of amides is 2. The molecule has 128 valence electrons. The average Bonchev–Trinajstić information content (AvgIpc) is 2.47. The van der Waals surface area contributed by atoms with Crippen LogP contribution >= 0.6 is 22.6 Å². The third kappa shape index (κ3) is 2.97. The van der Waals surface area contributed by atoms with Gasteiger partial charge in [0.1, 0.15) is 0 Å². The molecule has 7 heteroatoms. The molecule has 24 heavy (non-hydrogen) atoms. The summed E-state index contributed by atoms with van der Waals surface area (Å²) in [5.41, 5.74) is 1.82. The zero-order valence-corrected chi connectivity index (χ0v) is 15.9. The third-order valence-electron chi connectivity index (χ3n) is 4.35. The fourth-order valence-electron chi connectivity index (χ4n) is 3.32. The summed E-state index contributed by atoms with van der Waals surface area (Å²) in [4.78, 5) is 24.8. The molecule has 2 amide bonds. The lowest BCUT2D eigenvalue weighted by Gasteiger charge is -2.38. The Hall–Kier alpha value is -1.77. The van der Waals surface area contributed by atoms with Crippen LogP contribution in [0.2, 0.25) is 0 Å². The number of carbonyl (C=O) groups excluding carboxylic acids is 2. The van der Waals surface area contributed by atoms with Crippen molar-refractivity contribution in [2.24, 2.45) is 5.41 Å². The molecular formula is C17H19IN2O4. The molecule has 0 aromatic heterocycles. The van der Waals surface area contributed by atoms with Gasteiger partial charge in [-0.05, 0) is 52.1 Å². The molecule has 0 spiro atoms. The van der Waals surface area contributed by atoms with Gasteiger partial charge in [-0.25, -0.2) is 4.79 Å². The molecule has 2 aliphatic rings. The molecule has 3 N–H and O–H groups in total. The number of hydrogen-bond acceptors (Lipinski definition) is 4. The smallest absolute Gasteiger partial charge is 0.319 e. The highest BCUT2D eigenvalue weighted by Gasteiger charge is 2.40. The first kappa shape index (κ1) is 17.1. The van der Waals surface area contributed by atoms with Crippen molar-refractivity contribution in [1.82, 2.24) is 10.6 Å². The lowest BCUT2D eigenvalue weighted by atomic mass is 9.73. The van der Waals surface area contributed by atoms with E-state index in [4.69, 9.17) is 4.74 Å². The number of aromatic hydroxyl groups is 1. The number of halogens is 1. The molecule has 0 saturated carbocycles. The fraction of sp³-hybridized carbons (Fsp3) is 0.412. The predicted molar refractivity (Wildman–Crippen MR) is 96.8 cm³/mol. The van der Waals surface area contributed by atoms with E-state index in [2.05, 4.69) is 10.6 Å². The number of methoxy groups -OCH3 is 1. The van der Waals surface area contributed by atoms with Crippen molar-refractivity contribution in [3.05, 3.63) is 32.5 Å². The third-order valence-corrected chi connectivity index (χ3v) is 5.17. The fourth-order valence-corrected chi connectivity index (χ4v) is 3.95. The second kappa shape index (κ2) is 5.94. The summed E-state index contributed by atoms with van der Waals surface area (Å²) < 4.78 is 5.79. The first-order chi connectivity index (χ1) is 11.2. The minimum Gasteiger partial charge on any atom is -0.504 e. The Kier molecular flexibility index (Phi) is 4.23. The monoisotopic (exact) mass is 442 g/mol. The lowest BCUT2D eigenvalue weighted by molar-refractivity contribution is -0.118. The van der Waals surface area contributed by atoms with E-state index in [0.29, 0.717) is 39.0 Å². The van der Waals surface area contributed by atoms with Crippen molar-refractivity contribution >= 4 is 34.4 Å². The SMILES string of the molecule is COc1cc([C@H]2NC(=O)NC3=C2C(=O)CC(C)(C)C3)cc(I)c1O. The van der Waals surface area contributed by atoms with E-state index in [9.17, 15) is 14.7 Å². The number of ketones is 1. The molecule has 1 aromatic rings. The van der Waals surface area contributed by atoms with Crippen LogP contribution in [0.15, 0.2) is 23.4 Å². The molecule has 1 aromatic carbocycles. The van der Waals surface area contributed by atoms with E-state index in [1.807, 2.05) is 36.4 Å². The van der Waals surface area contributed by atoms with Gasteiger partial charge in [-0.1, -0.05) is 13.8 Å². The standard InChI is InChI=1S/C17H19IN2O4/c1-17(2)6-10-13(11(21)7-17)14(20-16(23)19-10)8-4-9(18)15(22)12(5-8)24-3/h4-5,14,22H,6-7H2,1-3H3,(H2,19,20,23)/t14-/m1/s1. The summed E-state index contributed by atoms with van der Waals surface area (Å²) in [6.07, 6.45) is 1.08. The van der Waals surface area contributed by atoms with Crippen molar-refractivity contribution in [1.29, 1.82) is 0 Å². The van der Waals surface area contributed by atoms with Gasteiger partial charge in [-0.2, -0.15) is 0 Å². The van der Waals surface area contributed by atoms with Gasteiger partial charge in [0.25, 0.3) is 0 Å². The molecule has 1 heterocycles. The normalized spacial score (nSPS) is 22.6. The molecule has 0 fully saturated rings. The van der Waals surface area contributed by atoms with E-state index in [-0.39, 0.29) is 23.0 Å². The van der Waals surface area contributed by atoms with Gasteiger partial charge in [0.15, 0.2) is 17.3 Å². The highest BCUT2D eigenvalue weighted by atomic mass is 127. The molecule has 0 unspecified atom stereocenters. The highest BCUT2D eigenvalue weighted by Crippen LogP contribution is 2.43. The van der Waals surface area contributed by atoms with Crippen LogP contribution in [0.4, 0.5) is 4.79 Å². The first-order valence-electron chi connectivity index (χ1n) is 7.62. The molecule has 6 nitrogen and oxygen atoms in total. The van der Waals surface area contributed by atoms with Crippen LogP contribution in [-0.2, 0) is 4.79 Å². The van der Waals surface area contributed by atoms with Crippen LogP contribution in [0, 0.1) is 8.99 Å². The number of phenols is 1. The van der Waals surface area contributed by atoms with Gasteiger partial charge in [0.05, 0.1) is 16.7 Å². The predicted octanol–water partition coefficient (Wildman–Crippen LogP) is 3.00. The molecule has 0 saturated heterocycles. The number of phenolic OH excluding ortho intramolecular Hbond substituents is 1. The van der Waals surface area contributed by atoms with Crippen molar-refractivity contribution in [2.75, 3.05) is 7.11 Å². The number of carbonyl (C=O) groups is 2. The van der Waals surface area contributed by atoms with Gasteiger partial charge >= 0.3 is 6.03 Å². The van der Waals surface area contributed by atoms with Gasteiger partial charge in [-0.3, -0.25) is 4.79 Å². The molecule has 0 radical (unpaired) electrons. The van der Waals surface area contributed by atoms with Gasteiger partial charge in [-0.15, -0.1) is 0 Å². The van der Waals surface area contributed by atoms with Gasteiger partial charge in [0.2, 0.25) is 0 Å². The van der Waals surface area contributed by atoms with Crippen molar-refractivity contribution in [2.45, 2.75) is 32.7 Å². The van der Waals surface area contributed by atoms with Crippen LogP contribution in [-0.4, -0.2) is 24.0 Å². The summed E-state index contributed by atoms with van der Waals surface area (Å²) in [6, 6.07) is 2.55. The van der Waals surface area contributed by atoms with Crippen LogP contribution in [0.1, 0.15) is 38.3 Å². The Morgan fingerprint density at radius 2 is 2.00 bits per heavy atom. The molecule has 1 atom stereocenters. The minimum absolute atomic E-state index is 0.0285. The Labute approximate surface area is 153 Å². The maximum absolute atomic E-state index is 12.7. The number of urea groups is 1. The van der Waals surface area contributed by atoms with E-state index < -0.39 is 6.04 Å². The van der Waals surface area contributed by atoms with Crippen molar-refractivity contribution in [3.63, 3.8) is 0 Å². The number of Topliss-reactive ketones (excluding diaryl/α,β-unsaturated/α-hetero) is 1. The Balaban J connectivity index is 2.12. The summed E-state index contributed by atoms with van der Waals surface area (Å²) in [7, 11) is 1.47. The lowest BCUT2D eigenvalue weighted by Crippen LogP contribution is -2.48. The topological polar surface area (TPSA) is 87.7 Å². The molecule has 1 aliphatic carbocycles. The second-order valence-electron chi connectivity index (χ2n) is 6.92. The van der Waals surface area contributed by atoms with Crippen LogP contribution in [0.25, 0.3) is 0 Å². The number of rotatable bonds is 2. The molecule has 1 aliphatic heterocycles. The summed E-state index contributed by atoms with van der Waals surface area (Å²) >= 11 is 2.00. The van der Waals surface area contributed by atoms with Gasteiger partial charge in [0, 0.05) is 17.7 Å². The maximum Gasteiger partial charge on any atom is 0.319 e. The number of nitrogens with one attached hydrogen (secondary N) is 2. The summed E-state index contributed by atoms with van der Waals surface area (Å²) in [6.45, 7) is 4.04. The number of benzene rings is 1. The van der Waals surface area contributed by atoms with Crippen molar-refractivity contribution < 1.29 is 19.4 Å². The first-order valence-corrected chi connectivity index (χ1v) is 8.70. The van der Waals surface area contributed by atoms with E-state index in [1.165, 1.54) is 7.11 Å². The second-order valence-corrected chi connectivity index (χ2v) is 8.08. The number of allylic oxidation sites excluding steroid dienone is 1. The van der Waals surface area contributed by atoms with Gasteiger partial charge < -0.3 is 20.5 Å². The molecular weight excluding hydrogens is 423 g/mol. The van der Waals surface area contributed by atoms with Crippen LogP contribution in [0.3, 0.4) is 0 Å². The Bertz CT molecular complexity index is 770. The molecule has 3 rings (SSSR count). The zero-order chi connectivity index (χ0) is 17.6. The zero-order valence-electron chi connectivity index (χ0n) is 13.7. The quantitative estimate of drug-likeness (QED) is 0.615. The van der Waals surface area contributed by atoms with Crippen LogP contribution < -0.4 is 15.4 Å². The van der Waals surface area contributed by atoms with E-state index >= 15 is 0 Å². The van der Waals surface area contributed by atoms with Crippen molar-refractivity contribution in [3.8, 4) is 11.5 Å². The van der Waals surface area contributed by atoms with Crippen LogP contribution in [0.5, 0.6) is 11.5 Å².